The van der Waals surface area contributed by atoms with Crippen LogP contribution in [-0.4, -0.2) is 47.3 Å². The number of hydrogen-bond donors (Lipinski definition) is 2. The summed E-state index contributed by atoms with van der Waals surface area (Å²) in [6.07, 6.45) is -0.652. The molecule has 1 aromatic carbocycles. The van der Waals surface area contributed by atoms with E-state index in [0.29, 0.717) is 0 Å². The number of amides is 1. The Morgan fingerprint density at radius 1 is 1.53 bits per heavy atom. The summed E-state index contributed by atoms with van der Waals surface area (Å²) in [4.78, 5) is 13.5. The van der Waals surface area contributed by atoms with Gasteiger partial charge in [-0.3, -0.25) is 4.79 Å². The second-order valence-corrected chi connectivity index (χ2v) is 4.18. The maximum atomic E-state index is 13.2. The van der Waals surface area contributed by atoms with Gasteiger partial charge < -0.3 is 15.1 Å². The Hall–Kier alpha value is -1.90. The minimum absolute atomic E-state index is 0.170. The molecule has 0 saturated carbocycles. The largest absolute Gasteiger partial charge is 0.392 e. The fraction of sp³-hybridized carbons (Fsp3) is 0.357. The predicted molar refractivity (Wildman–Crippen MR) is 69.0 cm³/mol. The molecule has 5 heteroatoms. The first kappa shape index (κ1) is 15.2. The van der Waals surface area contributed by atoms with Crippen LogP contribution in [0.3, 0.4) is 0 Å². The molecule has 0 radical (unpaired) electrons. The Morgan fingerprint density at radius 2 is 2.21 bits per heavy atom. The predicted octanol–water partition coefficient (Wildman–Crippen LogP) is 0.622. The number of halogens is 1. The van der Waals surface area contributed by atoms with Crippen LogP contribution in [0.4, 0.5) is 4.39 Å². The van der Waals surface area contributed by atoms with Gasteiger partial charge in [0.2, 0.25) is 0 Å². The third-order valence-corrected chi connectivity index (χ3v) is 2.40. The fourth-order valence-electron chi connectivity index (χ4n) is 1.63. The van der Waals surface area contributed by atoms with Crippen LogP contribution in [0.25, 0.3) is 0 Å². The summed E-state index contributed by atoms with van der Waals surface area (Å²) in [5, 5.41) is 17.9. The third-order valence-electron chi connectivity index (χ3n) is 2.40. The smallest absolute Gasteiger partial charge is 0.254 e. The number of benzene rings is 1. The van der Waals surface area contributed by atoms with E-state index < -0.39 is 11.9 Å². The van der Waals surface area contributed by atoms with Gasteiger partial charge in [-0.05, 0) is 25.1 Å². The lowest BCUT2D eigenvalue weighted by atomic mass is 10.1. The average Bonchev–Trinajstić information content (AvgIpc) is 2.34. The van der Waals surface area contributed by atoms with Crippen molar-refractivity contribution in [2.24, 2.45) is 0 Å². The van der Waals surface area contributed by atoms with Gasteiger partial charge in [0.25, 0.3) is 5.91 Å². The zero-order chi connectivity index (χ0) is 14.4. The van der Waals surface area contributed by atoms with Crippen LogP contribution >= 0.6 is 0 Å². The number of carbonyl (C=O) groups excluding carboxylic acids is 1. The van der Waals surface area contributed by atoms with Crippen molar-refractivity contribution in [3.8, 4) is 11.8 Å². The first-order chi connectivity index (χ1) is 8.95. The molecule has 1 rings (SSSR count). The highest BCUT2D eigenvalue weighted by Crippen LogP contribution is 2.13. The number of rotatable bonds is 3. The Bertz CT molecular complexity index is 517. The molecule has 0 bridgehead atoms. The topological polar surface area (TPSA) is 60.8 Å². The van der Waals surface area contributed by atoms with Crippen molar-refractivity contribution in [3.05, 3.63) is 35.1 Å². The van der Waals surface area contributed by atoms with E-state index in [-0.39, 0.29) is 30.2 Å². The Morgan fingerprint density at radius 3 is 2.79 bits per heavy atom. The zero-order valence-electron chi connectivity index (χ0n) is 10.9. The average molecular weight is 265 g/mol. The molecule has 0 heterocycles. The van der Waals surface area contributed by atoms with Crippen molar-refractivity contribution in [1.82, 2.24) is 4.90 Å². The van der Waals surface area contributed by atoms with E-state index in [2.05, 4.69) is 11.8 Å². The number of nitrogens with zero attached hydrogens (tertiary/aromatic N) is 1. The monoisotopic (exact) mass is 265 g/mol. The number of aliphatic hydroxyl groups is 2. The molecule has 4 nitrogen and oxygen atoms in total. The highest BCUT2D eigenvalue weighted by Gasteiger charge is 2.16. The van der Waals surface area contributed by atoms with Gasteiger partial charge in [0.05, 0.1) is 11.7 Å². The summed E-state index contributed by atoms with van der Waals surface area (Å²) in [6.45, 7) is 1.37. The van der Waals surface area contributed by atoms with Crippen LogP contribution in [0.1, 0.15) is 22.8 Å². The molecule has 2 N–H and O–H groups in total. The van der Waals surface area contributed by atoms with Crippen LogP contribution in [0.5, 0.6) is 0 Å². The van der Waals surface area contributed by atoms with E-state index in [4.69, 9.17) is 5.11 Å². The van der Waals surface area contributed by atoms with Crippen LogP contribution < -0.4 is 0 Å². The molecule has 0 spiro atoms. The van der Waals surface area contributed by atoms with Crippen molar-refractivity contribution in [1.29, 1.82) is 0 Å². The van der Waals surface area contributed by atoms with E-state index in [1.165, 1.54) is 17.0 Å². The summed E-state index contributed by atoms with van der Waals surface area (Å²) in [6, 6.07) is 3.66. The normalized spacial score (nSPS) is 11.4. The molecule has 1 atom stereocenters. The van der Waals surface area contributed by atoms with Crippen LogP contribution in [0.15, 0.2) is 18.2 Å². The van der Waals surface area contributed by atoms with E-state index in [1.807, 2.05) is 0 Å². The summed E-state index contributed by atoms with van der Waals surface area (Å²) in [5.74, 6) is 4.07. The first-order valence-electron chi connectivity index (χ1n) is 5.78. The molecule has 0 aromatic heterocycles. The maximum Gasteiger partial charge on any atom is 0.254 e. The van der Waals surface area contributed by atoms with Gasteiger partial charge in [0.15, 0.2) is 0 Å². The van der Waals surface area contributed by atoms with E-state index in [9.17, 15) is 14.3 Å². The lowest BCUT2D eigenvalue weighted by Gasteiger charge is -2.19. The first-order valence-corrected chi connectivity index (χ1v) is 5.78. The van der Waals surface area contributed by atoms with Gasteiger partial charge in [-0.1, -0.05) is 11.8 Å². The van der Waals surface area contributed by atoms with Crippen molar-refractivity contribution >= 4 is 5.91 Å². The third kappa shape index (κ3) is 4.36. The summed E-state index contributed by atoms with van der Waals surface area (Å²) in [5.41, 5.74) is 0.460. The molecule has 0 aliphatic heterocycles. The number of hydrogen-bond acceptors (Lipinski definition) is 3. The van der Waals surface area contributed by atoms with E-state index in [0.717, 1.165) is 6.07 Å². The minimum atomic E-state index is -0.652. The zero-order valence-corrected chi connectivity index (χ0v) is 10.9. The molecule has 0 aliphatic carbocycles. The Balaban J connectivity index is 3.08. The highest BCUT2D eigenvalue weighted by molar-refractivity contribution is 5.96. The van der Waals surface area contributed by atoms with Crippen molar-refractivity contribution in [2.75, 3.05) is 20.2 Å². The van der Waals surface area contributed by atoms with Gasteiger partial charge in [0, 0.05) is 19.2 Å². The molecule has 1 amide bonds. The van der Waals surface area contributed by atoms with Gasteiger partial charge >= 0.3 is 0 Å². The number of carbonyl (C=O) groups is 1. The van der Waals surface area contributed by atoms with E-state index in [1.54, 1.807) is 14.0 Å². The van der Waals surface area contributed by atoms with E-state index >= 15 is 0 Å². The van der Waals surface area contributed by atoms with Gasteiger partial charge in [-0.15, -0.1) is 0 Å². The number of likely N-dealkylation sites (N-methyl/N-ethyl adjacent to an activating group) is 1. The quantitative estimate of drug-likeness (QED) is 0.788. The summed E-state index contributed by atoms with van der Waals surface area (Å²) >= 11 is 0. The lowest BCUT2D eigenvalue weighted by Crippen LogP contribution is -2.33. The van der Waals surface area contributed by atoms with Crippen molar-refractivity contribution < 1.29 is 19.4 Å². The maximum absolute atomic E-state index is 13.2. The van der Waals surface area contributed by atoms with Gasteiger partial charge in [0.1, 0.15) is 12.4 Å². The molecule has 0 saturated heterocycles. The highest BCUT2D eigenvalue weighted by atomic mass is 19.1. The lowest BCUT2D eigenvalue weighted by molar-refractivity contribution is 0.0703. The molecule has 0 fully saturated rings. The van der Waals surface area contributed by atoms with Crippen LogP contribution in [0, 0.1) is 17.7 Å². The minimum Gasteiger partial charge on any atom is -0.392 e. The SMILES string of the molecule is CC(O)CN(C)C(=O)c1ccc(F)cc1C#CCO. The molecule has 1 aromatic rings. The fourth-order valence-corrected chi connectivity index (χ4v) is 1.63. The summed E-state index contributed by atoms with van der Waals surface area (Å²) in [7, 11) is 1.54. The van der Waals surface area contributed by atoms with Crippen molar-refractivity contribution in [2.45, 2.75) is 13.0 Å². The Labute approximate surface area is 111 Å². The van der Waals surface area contributed by atoms with Crippen molar-refractivity contribution in [3.63, 3.8) is 0 Å². The molecule has 102 valence electrons. The molecular weight excluding hydrogens is 249 g/mol. The molecule has 19 heavy (non-hydrogen) atoms. The van der Waals surface area contributed by atoms with Gasteiger partial charge in [-0.25, -0.2) is 4.39 Å². The Kier molecular flexibility index (Phi) is 5.49. The standard InChI is InChI=1S/C14H16FNO3/c1-10(18)9-16(2)14(19)13-6-5-12(15)8-11(13)4-3-7-17/h5-6,8,10,17-18H,7,9H2,1-2H3. The van der Waals surface area contributed by atoms with Crippen LogP contribution in [-0.2, 0) is 0 Å². The van der Waals surface area contributed by atoms with Gasteiger partial charge in [-0.2, -0.15) is 0 Å². The molecular formula is C14H16FNO3. The number of aliphatic hydroxyl groups excluding tert-OH is 2. The second kappa shape index (κ2) is 6.88. The second-order valence-electron chi connectivity index (χ2n) is 4.18. The molecule has 1 unspecified atom stereocenters. The summed E-state index contributed by atoms with van der Waals surface area (Å²) < 4.78 is 13.2. The van der Waals surface area contributed by atoms with Crippen LogP contribution in [0.2, 0.25) is 0 Å². The molecule has 0 aliphatic rings.